The Kier molecular flexibility index (Phi) is 9.22. The smallest absolute Gasteiger partial charge is 0.238 e. The topological polar surface area (TPSA) is 58.4 Å². The molecule has 0 spiro atoms. The van der Waals surface area contributed by atoms with Crippen LogP contribution in [0.5, 0.6) is 0 Å². The zero-order valence-electron chi connectivity index (χ0n) is 15.9. The van der Waals surface area contributed by atoms with Crippen LogP contribution in [-0.2, 0) is 11.2 Å². The number of rotatable bonds is 4. The molecule has 2 aliphatic rings. The van der Waals surface area contributed by atoms with Crippen LogP contribution < -0.4 is 11.1 Å². The van der Waals surface area contributed by atoms with Crippen molar-refractivity contribution >= 4 is 36.4 Å². The molecule has 1 fully saturated rings. The molecule has 3 rings (SSSR count). The summed E-state index contributed by atoms with van der Waals surface area (Å²) in [6.45, 7) is 6.42. The van der Waals surface area contributed by atoms with Gasteiger partial charge in [-0.1, -0.05) is 26.3 Å². The van der Waals surface area contributed by atoms with E-state index < -0.39 is 0 Å². The van der Waals surface area contributed by atoms with E-state index in [1.807, 2.05) is 6.07 Å². The van der Waals surface area contributed by atoms with E-state index in [1.54, 1.807) is 0 Å². The SMILES string of the molecule is CC(C)C(C(=O)NC1CCCc2cc(N)ccc21)N1CCCCC1.Cl.Cl. The highest BCUT2D eigenvalue weighted by Crippen LogP contribution is 2.31. The summed E-state index contributed by atoms with van der Waals surface area (Å²) in [7, 11) is 0. The van der Waals surface area contributed by atoms with Crippen LogP contribution in [-0.4, -0.2) is 29.9 Å². The summed E-state index contributed by atoms with van der Waals surface area (Å²) < 4.78 is 0. The molecule has 0 saturated carbocycles. The van der Waals surface area contributed by atoms with E-state index >= 15 is 0 Å². The Labute approximate surface area is 170 Å². The first kappa shape index (κ1) is 23.1. The largest absolute Gasteiger partial charge is 0.399 e. The number of anilines is 1. The minimum atomic E-state index is -0.00976. The number of amides is 1. The van der Waals surface area contributed by atoms with Crippen molar-refractivity contribution in [3.63, 3.8) is 0 Å². The van der Waals surface area contributed by atoms with Gasteiger partial charge < -0.3 is 11.1 Å². The molecule has 1 aliphatic carbocycles. The highest BCUT2D eigenvalue weighted by Gasteiger charge is 2.32. The first-order valence-corrected chi connectivity index (χ1v) is 9.49. The number of piperidine rings is 1. The minimum Gasteiger partial charge on any atom is -0.399 e. The molecule has 148 valence electrons. The van der Waals surface area contributed by atoms with Crippen LogP contribution in [0.4, 0.5) is 5.69 Å². The molecule has 4 nitrogen and oxygen atoms in total. The van der Waals surface area contributed by atoms with Crippen LogP contribution in [0.3, 0.4) is 0 Å². The van der Waals surface area contributed by atoms with E-state index in [0.29, 0.717) is 5.92 Å². The van der Waals surface area contributed by atoms with Gasteiger partial charge in [0.1, 0.15) is 0 Å². The van der Waals surface area contributed by atoms with Gasteiger partial charge in [-0.15, -0.1) is 24.8 Å². The molecule has 1 aromatic rings. The van der Waals surface area contributed by atoms with Crippen LogP contribution in [0.15, 0.2) is 18.2 Å². The van der Waals surface area contributed by atoms with Gasteiger partial charge in [-0.25, -0.2) is 0 Å². The van der Waals surface area contributed by atoms with Crippen LogP contribution >= 0.6 is 24.8 Å². The second kappa shape index (κ2) is 10.4. The maximum atomic E-state index is 13.1. The highest BCUT2D eigenvalue weighted by atomic mass is 35.5. The Balaban J connectivity index is 0.00000169. The zero-order chi connectivity index (χ0) is 17.1. The van der Waals surface area contributed by atoms with Crippen LogP contribution in [0.25, 0.3) is 0 Å². The van der Waals surface area contributed by atoms with E-state index in [4.69, 9.17) is 5.73 Å². The summed E-state index contributed by atoms with van der Waals surface area (Å²) in [5, 5.41) is 3.35. The van der Waals surface area contributed by atoms with E-state index in [9.17, 15) is 4.79 Å². The number of benzene rings is 1. The monoisotopic (exact) mass is 401 g/mol. The van der Waals surface area contributed by atoms with E-state index in [2.05, 4.69) is 36.2 Å². The fraction of sp³-hybridized carbons (Fsp3) is 0.650. The number of carbonyl (C=O) groups is 1. The number of hydrogen-bond acceptors (Lipinski definition) is 3. The highest BCUT2D eigenvalue weighted by molar-refractivity contribution is 5.85. The maximum absolute atomic E-state index is 13.1. The standard InChI is InChI=1S/C20H31N3O.2ClH/c1-14(2)19(23-11-4-3-5-12-23)20(24)22-18-8-6-7-15-13-16(21)9-10-17(15)18;;/h9-10,13-14,18-19H,3-8,11-12,21H2,1-2H3,(H,22,24);2*1H. The number of nitrogen functional groups attached to an aromatic ring is 1. The number of aryl methyl sites for hydroxylation is 1. The molecule has 0 radical (unpaired) electrons. The molecule has 1 saturated heterocycles. The molecule has 2 atom stereocenters. The Morgan fingerprint density at radius 1 is 1.15 bits per heavy atom. The fourth-order valence-electron chi connectivity index (χ4n) is 4.33. The van der Waals surface area contributed by atoms with Crippen molar-refractivity contribution < 1.29 is 4.79 Å². The molecule has 1 heterocycles. The van der Waals surface area contributed by atoms with Crippen LogP contribution in [0, 0.1) is 5.92 Å². The number of likely N-dealkylation sites (tertiary alicyclic amines) is 1. The van der Waals surface area contributed by atoms with Crippen molar-refractivity contribution in [3.05, 3.63) is 29.3 Å². The second-order valence-corrected chi connectivity index (χ2v) is 7.70. The lowest BCUT2D eigenvalue weighted by molar-refractivity contribution is -0.129. The molecule has 1 amide bonds. The predicted molar refractivity (Wildman–Crippen MR) is 113 cm³/mol. The Morgan fingerprint density at radius 2 is 1.85 bits per heavy atom. The molecule has 1 aromatic carbocycles. The van der Waals surface area contributed by atoms with Gasteiger partial charge in [0.05, 0.1) is 12.1 Å². The molecule has 3 N–H and O–H groups in total. The lowest BCUT2D eigenvalue weighted by Gasteiger charge is -2.37. The number of fused-ring (bicyclic) bond motifs is 1. The fourth-order valence-corrected chi connectivity index (χ4v) is 4.33. The summed E-state index contributed by atoms with van der Waals surface area (Å²) in [6, 6.07) is 6.24. The predicted octanol–water partition coefficient (Wildman–Crippen LogP) is 4.12. The quantitative estimate of drug-likeness (QED) is 0.745. The third kappa shape index (κ3) is 5.28. The van der Waals surface area contributed by atoms with Crippen LogP contribution in [0.1, 0.15) is 63.1 Å². The third-order valence-corrected chi connectivity index (χ3v) is 5.48. The van der Waals surface area contributed by atoms with Gasteiger partial charge in [0.15, 0.2) is 0 Å². The van der Waals surface area contributed by atoms with Gasteiger partial charge in [-0.05, 0) is 74.4 Å². The normalized spacial score (nSPS) is 21.1. The molecule has 6 heteroatoms. The number of nitrogens with zero attached hydrogens (tertiary/aromatic N) is 1. The molecule has 0 aromatic heterocycles. The third-order valence-electron chi connectivity index (χ3n) is 5.48. The average molecular weight is 402 g/mol. The Bertz CT molecular complexity index is 588. The van der Waals surface area contributed by atoms with Gasteiger partial charge in [0.2, 0.25) is 5.91 Å². The molecule has 0 bridgehead atoms. The first-order valence-electron chi connectivity index (χ1n) is 9.49. The summed E-state index contributed by atoms with van der Waals surface area (Å²) in [5.41, 5.74) is 9.29. The van der Waals surface area contributed by atoms with Crippen molar-refractivity contribution in [1.82, 2.24) is 10.2 Å². The number of halogens is 2. The van der Waals surface area contributed by atoms with E-state index in [-0.39, 0.29) is 42.8 Å². The van der Waals surface area contributed by atoms with Gasteiger partial charge in [-0.3, -0.25) is 9.69 Å². The van der Waals surface area contributed by atoms with Crippen molar-refractivity contribution in [2.45, 2.75) is 64.5 Å². The van der Waals surface area contributed by atoms with Gasteiger partial charge in [0, 0.05) is 5.69 Å². The summed E-state index contributed by atoms with van der Waals surface area (Å²) in [5.74, 6) is 0.527. The average Bonchev–Trinajstić information content (AvgIpc) is 2.55. The minimum absolute atomic E-state index is 0. The van der Waals surface area contributed by atoms with Gasteiger partial charge in [-0.2, -0.15) is 0 Å². The van der Waals surface area contributed by atoms with Crippen molar-refractivity contribution in [2.24, 2.45) is 5.92 Å². The summed E-state index contributed by atoms with van der Waals surface area (Å²) in [6.07, 6.45) is 6.90. The van der Waals surface area contributed by atoms with Crippen molar-refractivity contribution in [3.8, 4) is 0 Å². The molecular weight excluding hydrogens is 369 g/mol. The summed E-state index contributed by atoms with van der Waals surface area (Å²) in [4.78, 5) is 15.4. The number of nitrogens with two attached hydrogens (primary N) is 1. The maximum Gasteiger partial charge on any atom is 0.238 e. The van der Waals surface area contributed by atoms with E-state index in [0.717, 1.165) is 38.0 Å². The molecule has 1 aliphatic heterocycles. The lowest BCUT2D eigenvalue weighted by atomic mass is 9.87. The lowest BCUT2D eigenvalue weighted by Crippen LogP contribution is -2.52. The number of carbonyl (C=O) groups excluding carboxylic acids is 1. The molecule has 2 unspecified atom stereocenters. The number of nitrogens with one attached hydrogen (secondary N) is 1. The summed E-state index contributed by atoms with van der Waals surface area (Å²) >= 11 is 0. The molecular formula is C20H33Cl2N3O. The Hall–Kier alpha value is -0.970. The van der Waals surface area contributed by atoms with Gasteiger partial charge in [0.25, 0.3) is 0 Å². The van der Waals surface area contributed by atoms with Gasteiger partial charge >= 0.3 is 0 Å². The molecule has 26 heavy (non-hydrogen) atoms. The second-order valence-electron chi connectivity index (χ2n) is 7.70. The van der Waals surface area contributed by atoms with Crippen molar-refractivity contribution in [2.75, 3.05) is 18.8 Å². The zero-order valence-corrected chi connectivity index (χ0v) is 17.5. The first-order chi connectivity index (χ1) is 11.6. The van der Waals surface area contributed by atoms with Crippen molar-refractivity contribution in [1.29, 1.82) is 0 Å². The van der Waals surface area contributed by atoms with Crippen LogP contribution in [0.2, 0.25) is 0 Å². The van der Waals surface area contributed by atoms with E-state index in [1.165, 1.54) is 30.4 Å². The Morgan fingerprint density at radius 3 is 2.50 bits per heavy atom. The number of hydrogen-bond donors (Lipinski definition) is 2.